The summed E-state index contributed by atoms with van der Waals surface area (Å²) in [6.07, 6.45) is -3.30. The van der Waals surface area contributed by atoms with E-state index in [4.69, 9.17) is 4.74 Å². The predicted octanol–water partition coefficient (Wildman–Crippen LogP) is 6.24. The van der Waals surface area contributed by atoms with Crippen molar-refractivity contribution >= 4 is 23.2 Å². The van der Waals surface area contributed by atoms with Crippen LogP contribution in [0.3, 0.4) is 0 Å². The van der Waals surface area contributed by atoms with Crippen molar-refractivity contribution in [3.05, 3.63) is 53.5 Å². The quantitative estimate of drug-likeness (QED) is 0.352. The Kier molecular flexibility index (Phi) is 7.99. The third-order valence-electron chi connectivity index (χ3n) is 7.44. The van der Waals surface area contributed by atoms with Gasteiger partial charge < -0.3 is 24.3 Å². The van der Waals surface area contributed by atoms with Crippen molar-refractivity contribution in [1.29, 1.82) is 0 Å². The zero-order valence-corrected chi connectivity index (χ0v) is 23.9. The molecule has 43 heavy (non-hydrogen) atoms. The first kappa shape index (κ1) is 30.5. The number of amides is 2. The summed E-state index contributed by atoms with van der Waals surface area (Å²) in [4.78, 5) is 40.3. The zero-order valence-electron chi connectivity index (χ0n) is 23.9. The number of pyridine rings is 1. The van der Waals surface area contributed by atoms with Gasteiger partial charge in [0.05, 0.1) is 6.54 Å². The third kappa shape index (κ3) is 7.34. The number of halogens is 5. The fourth-order valence-electron chi connectivity index (χ4n) is 5.59. The summed E-state index contributed by atoms with van der Waals surface area (Å²) in [5.74, 6) is -4.26. The van der Waals surface area contributed by atoms with Crippen molar-refractivity contribution < 1.29 is 41.0 Å². The topological polar surface area (TPSA) is 101 Å². The van der Waals surface area contributed by atoms with Crippen molar-refractivity contribution in [2.75, 3.05) is 26.2 Å². The maximum Gasteiger partial charge on any atom is 0.573 e. The maximum absolute atomic E-state index is 14.7. The van der Waals surface area contributed by atoms with Crippen LogP contribution in [0.5, 0.6) is 5.75 Å². The lowest BCUT2D eigenvalue weighted by atomic mass is 9.89. The average Bonchev–Trinajstić information content (AvgIpc) is 3.35. The summed E-state index contributed by atoms with van der Waals surface area (Å²) in [5.41, 5.74) is 1.30. The first-order valence-electron chi connectivity index (χ1n) is 13.9. The van der Waals surface area contributed by atoms with E-state index < -0.39 is 48.6 Å². The summed E-state index contributed by atoms with van der Waals surface area (Å²) < 4.78 is 75.9. The summed E-state index contributed by atoms with van der Waals surface area (Å²) in [6, 6.07) is 6.63. The molecule has 0 spiro atoms. The number of nitrogens with one attached hydrogen (secondary N) is 1. The molecule has 0 aliphatic carbocycles. The molecule has 14 heteroatoms. The number of hydrogen-bond acceptors (Lipinski definition) is 6. The largest absolute Gasteiger partial charge is 0.573 e. The molecule has 2 saturated heterocycles. The van der Waals surface area contributed by atoms with E-state index in [1.54, 1.807) is 31.9 Å². The molecule has 9 nitrogen and oxygen atoms in total. The van der Waals surface area contributed by atoms with E-state index in [0.717, 1.165) is 22.6 Å². The lowest BCUT2D eigenvalue weighted by molar-refractivity contribution is -0.274. The second-order valence-electron chi connectivity index (χ2n) is 12.0. The van der Waals surface area contributed by atoms with E-state index in [9.17, 15) is 31.5 Å². The molecule has 1 aromatic carbocycles. The van der Waals surface area contributed by atoms with Gasteiger partial charge in [-0.1, -0.05) is 0 Å². The van der Waals surface area contributed by atoms with Crippen molar-refractivity contribution in [3.63, 3.8) is 0 Å². The van der Waals surface area contributed by atoms with Crippen LogP contribution in [0.25, 0.3) is 11.2 Å². The zero-order chi connectivity index (χ0) is 31.2. The van der Waals surface area contributed by atoms with Gasteiger partial charge in [0, 0.05) is 43.7 Å². The van der Waals surface area contributed by atoms with E-state index in [1.165, 1.54) is 12.1 Å². The van der Waals surface area contributed by atoms with Gasteiger partial charge in [-0.15, -0.1) is 13.2 Å². The number of hydrogen-bond donors (Lipinski definition) is 1. The molecule has 4 heterocycles. The Hall–Kier alpha value is -3.97. The number of rotatable bonds is 4. The summed E-state index contributed by atoms with van der Waals surface area (Å²) in [7, 11) is 0. The van der Waals surface area contributed by atoms with Gasteiger partial charge in [-0.05, 0) is 75.4 Å². The van der Waals surface area contributed by atoms with Gasteiger partial charge in [0.15, 0.2) is 5.65 Å². The highest BCUT2D eigenvalue weighted by atomic mass is 19.4. The number of fused-ring (bicyclic) bond motifs is 1. The van der Waals surface area contributed by atoms with Gasteiger partial charge in [0.2, 0.25) is 0 Å². The number of benzene rings is 1. The fourth-order valence-corrected chi connectivity index (χ4v) is 5.59. The molecule has 2 amide bonds. The van der Waals surface area contributed by atoms with Crippen molar-refractivity contribution in [1.82, 2.24) is 24.8 Å². The van der Waals surface area contributed by atoms with E-state index >= 15 is 0 Å². The molecule has 232 valence electrons. The molecule has 0 radical (unpaired) electrons. The van der Waals surface area contributed by atoms with E-state index in [1.807, 2.05) is 6.07 Å². The Labute approximate surface area is 244 Å². The Balaban J connectivity index is 1.27. The van der Waals surface area contributed by atoms with E-state index in [0.29, 0.717) is 42.9 Å². The number of carbonyl (C=O) groups excluding carboxylic acids is 2. The van der Waals surface area contributed by atoms with Crippen LogP contribution in [-0.2, 0) is 4.74 Å². The predicted molar refractivity (Wildman–Crippen MR) is 145 cm³/mol. The summed E-state index contributed by atoms with van der Waals surface area (Å²) in [5, 5.41) is 0. The van der Waals surface area contributed by atoms with Gasteiger partial charge in [-0.3, -0.25) is 4.79 Å². The summed E-state index contributed by atoms with van der Waals surface area (Å²) >= 11 is 0. The van der Waals surface area contributed by atoms with Crippen molar-refractivity contribution in [3.8, 4) is 5.75 Å². The molecule has 2 fully saturated rings. The fraction of sp³-hybridized carbons (Fsp3) is 0.517. The molecule has 0 saturated carbocycles. The van der Waals surface area contributed by atoms with Crippen LogP contribution in [0.4, 0.5) is 26.7 Å². The van der Waals surface area contributed by atoms with E-state index in [-0.39, 0.29) is 23.9 Å². The number of nitrogens with zero attached hydrogens (tertiary/aromatic N) is 4. The minimum Gasteiger partial charge on any atom is -0.444 e. The Morgan fingerprint density at radius 2 is 1.67 bits per heavy atom. The smallest absolute Gasteiger partial charge is 0.444 e. The Morgan fingerprint density at radius 3 is 2.30 bits per heavy atom. The van der Waals surface area contributed by atoms with Crippen LogP contribution in [0.15, 0.2) is 36.5 Å². The Bertz CT molecular complexity index is 1480. The summed E-state index contributed by atoms with van der Waals surface area (Å²) in [6.45, 7) is 5.12. The maximum atomic E-state index is 14.7. The van der Waals surface area contributed by atoms with Crippen LogP contribution in [0.2, 0.25) is 0 Å². The van der Waals surface area contributed by atoms with Crippen molar-refractivity contribution in [2.45, 2.75) is 69.8 Å². The number of carbonyl (C=O) groups is 2. The Morgan fingerprint density at radius 1 is 1.00 bits per heavy atom. The normalized spacial score (nSPS) is 19.9. The highest BCUT2D eigenvalue weighted by Crippen LogP contribution is 2.38. The number of aromatic amines is 1. The third-order valence-corrected chi connectivity index (χ3v) is 7.44. The standard InChI is InChI=1S/C29H32F5N5O4/c1-27(2,3)43-26(41)39-15-19(14-28(30,31)16-39)23-36-22-21(8-11-35-24(22)37-23)17-9-12-38(13-10-17)25(40)18-4-6-20(7-5-18)42-29(32,33)34/h4-8,11,17,19H,9-10,12-16H2,1-3H3,(H,35,36,37)/t19-/m1/s1. The first-order valence-corrected chi connectivity index (χ1v) is 13.9. The van der Waals surface area contributed by atoms with Crippen LogP contribution < -0.4 is 4.74 Å². The minimum atomic E-state index is -4.82. The molecule has 0 unspecified atom stereocenters. The second-order valence-corrected chi connectivity index (χ2v) is 12.0. The number of piperidine rings is 2. The number of likely N-dealkylation sites (tertiary alicyclic amines) is 2. The number of alkyl halides is 5. The van der Waals surface area contributed by atoms with Gasteiger partial charge in [0.25, 0.3) is 11.8 Å². The highest BCUT2D eigenvalue weighted by Gasteiger charge is 2.45. The first-order chi connectivity index (χ1) is 20.1. The van der Waals surface area contributed by atoms with Crippen LogP contribution in [0, 0.1) is 0 Å². The van der Waals surface area contributed by atoms with Gasteiger partial charge >= 0.3 is 12.5 Å². The van der Waals surface area contributed by atoms with Gasteiger partial charge in [-0.2, -0.15) is 0 Å². The van der Waals surface area contributed by atoms with Gasteiger partial charge in [0.1, 0.15) is 22.7 Å². The SMILES string of the molecule is CC(C)(C)OC(=O)N1C[C@H](c2nc3c(C4CCN(C(=O)c5ccc(OC(F)(F)F)cc5)CC4)ccnc3[nH]2)CC(F)(F)C1. The molecule has 2 aromatic heterocycles. The number of imidazole rings is 1. The monoisotopic (exact) mass is 609 g/mol. The molecule has 2 aliphatic rings. The molecule has 0 bridgehead atoms. The lowest BCUT2D eigenvalue weighted by Crippen LogP contribution is -2.50. The van der Waals surface area contributed by atoms with Gasteiger partial charge in [-0.25, -0.2) is 23.5 Å². The van der Waals surface area contributed by atoms with Crippen LogP contribution >= 0.6 is 0 Å². The molecule has 1 atom stereocenters. The average molecular weight is 610 g/mol. The number of aromatic nitrogens is 3. The van der Waals surface area contributed by atoms with Crippen molar-refractivity contribution in [2.24, 2.45) is 0 Å². The molecular formula is C29H32F5N5O4. The van der Waals surface area contributed by atoms with Crippen LogP contribution in [0.1, 0.15) is 73.6 Å². The molecule has 2 aliphatic heterocycles. The molecular weight excluding hydrogens is 577 g/mol. The highest BCUT2D eigenvalue weighted by molar-refractivity contribution is 5.94. The number of H-pyrrole nitrogens is 1. The molecule has 1 N–H and O–H groups in total. The lowest BCUT2D eigenvalue weighted by Gasteiger charge is -2.37. The van der Waals surface area contributed by atoms with Crippen LogP contribution in [-0.4, -0.2) is 80.8 Å². The number of ether oxygens (including phenoxy) is 2. The second kappa shape index (κ2) is 11.3. The molecule has 5 rings (SSSR count). The van der Waals surface area contributed by atoms with E-state index in [2.05, 4.69) is 19.7 Å². The minimum absolute atomic E-state index is 0.0133. The molecule has 3 aromatic rings.